The fraction of sp³-hybridized carbons (Fsp3) is 0.0476. The van der Waals surface area contributed by atoms with Gasteiger partial charge >= 0.3 is 0 Å². The minimum atomic E-state index is -0.626. The Kier molecular flexibility index (Phi) is 6.00. The van der Waals surface area contributed by atoms with Gasteiger partial charge in [-0.2, -0.15) is 10.4 Å². The minimum absolute atomic E-state index is 0.0787. The van der Waals surface area contributed by atoms with Gasteiger partial charge in [0.1, 0.15) is 22.5 Å². The second-order valence-electron chi connectivity index (χ2n) is 5.70. The Morgan fingerprint density at radius 1 is 1.25 bits per heavy atom. The number of methoxy groups -OCH3 is 1. The molecule has 3 rings (SSSR count). The molecule has 0 bridgehead atoms. The van der Waals surface area contributed by atoms with Crippen LogP contribution in [0.4, 0.5) is 0 Å². The molecule has 1 heterocycles. The molecule has 28 heavy (non-hydrogen) atoms. The maximum atomic E-state index is 12.2. The van der Waals surface area contributed by atoms with Crippen LogP contribution in [-0.4, -0.2) is 24.2 Å². The van der Waals surface area contributed by atoms with Gasteiger partial charge < -0.3 is 4.74 Å². The Morgan fingerprint density at radius 3 is 2.71 bits per heavy atom. The van der Waals surface area contributed by atoms with Gasteiger partial charge in [0.25, 0.3) is 5.91 Å². The number of rotatable bonds is 5. The number of nitrogens with one attached hydrogen (secondary N) is 1. The number of para-hydroxylation sites is 1. The van der Waals surface area contributed by atoms with Gasteiger partial charge in [0.2, 0.25) is 0 Å². The Balaban J connectivity index is 1.73. The number of carbonyl (C=O) groups is 1. The molecule has 1 aromatic heterocycles. The summed E-state index contributed by atoms with van der Waals surface area (Å²) in [5.74, 6) is 0.0602. The lowest BCUT2D eigenvalue weighted by Crippen LogP contribution is -2.19. The molecule has 0 radical (unpaired) electrons. The van der Waals surface area contributed by atoms with E-state index in [1.807, 2.05) is 36.4 Å². The van der Waals surface area contributed by atoms with Crippen LogP contribution in [0.1, 0.15) is 11.1 Å². The van der Waals surface area contributed by atoms with Crippen molar-refractivity contribution < 1.29 is 9.53 Å². The molecule has 2 aromatic carbocycles. The summed E-state index contributed by atoms with van der Waals surface area (Å²) in [6.45, 7) is 0. The molecule has 3 aromatic rings. The largest absolute Gasteiger partial charge is 0.497 e. The van der Waals surface area contributed by atoms with Crippen LogP contribution in [0.2, 0.25) is 5.15 Å². The summed E-state index contributed by atoms with van der Waals surface area (Å²) in [5.41, 5.74) is 4.26. The van der Waals surface area contributed by atoms with Crippen LogP contribution < -0.4 is 10.2 Å². The van der Waals surface area contributed by atoms with E-state index in [1.54, 1.807) is 31.4 Å². The average molecular weight is 391 g/mol. The molecule has 0 saturated heterocycles. The standard InChI is InChI=1S/C21H15ClN4O2/c1-28-18-8-6-14(7-9-18)10-16(12-23)21(27)26-24-13-17-11-15-4-2-3-5-19(15)25-20(17)22/h2-11,13H,1H3,(H,26,27)/b16-10+,24-13+. The predicted octanol–water partition coefficient (Wildman–Crippen LogP) is 3.95. The van der Waals surface area contributed by atoms with Crippen LogP contribution >= 0.6 is 11.6 Å². The topological polar surface area (TPSA) is 87.4 Å². The molecule has 0 saturated carbocycles. The molecule has 138 valence electrons. The molecule has 0 spiro atoms. The normalized spacial score (nSPS) is 11.4. The number of ether oxygens (including phenoxy) is 1. The Bertz CT molecular complexity index is 1120. The number of hydrogen-bond acceptors (Lipinski definition) is 5. The number of fused-ring (bicyclic) bond motifs is 1. The molecule has 1 N–H and O–H groups in total. The Morgan fingerprint density at radius 2 is 2.00 bits per heavy atom. The van der Waals surface area contributed by atoms with Crippen LogP contribution in [0.5, 0.6) is 5.75 Å². The van der Waals surface area contributed by atoms with Gasteiger partial charge in [-0.05, 0) is 35.9 Å². The highest BCUT2D eigenvalue weighted by molar-refractivity contribution is 6.32. The van der Waals surface area contributed by atoms with Crippen LogP contribution in [-0.2, 0) is 4.79 Å². The number of benzene rings is 2. The van der Waals surface area contributed by atoms with Crippen molar-refractivity contribution in [2.75, 3.05) is 7.11 Å². The second-order valence-corrected chi connectivity index (χ2v) is 6.06. The van der Waals surface area contributed by atoms with E-state index < -0.39 is 5.91 Å². The molecule has 0 fully saturated rings. The first-order chi connectivity index (χ1) is 13.6. The van der Waals surface area contributed by atoms with Crippen molar-refractivity contribution in [3.8, 4) is 11.8 Å². The maximum Gasteiger partial charge on any atom is 0.282 e. The number of nitrogens with zero attached hydrogens (tertiary/aromatic N) is 3. The van der Waals surface area contributed by atoms with E-state index in [2.05, 4.69) is 15.5 Å². The quantitative estimate of drug-likeness (QED) is 0.235. The summed E-state index contributed by atoms with van der Waals surface area (Å²) >= 11 is 6.15. The lowest BCUT2D eigenvalue weighted by atomic mass is 10.1. The van der Waals surface area contributed by atoms with Crippen molar-refractivity contribution in [3.05, 3.63) is 76.5 Å². The van der Waals surface area contributed by atoms with E-state index in [-0.39, 0.29) is 10.7 Å². The first-order valence-electron chi connectivity index (χ1n) is 8.25. The van der Waals surface area contributed by atoms with Gasteiger partial charge in [-0.15, -0.1) is 0 Å². The zero-order chi connectivity index (χ0) is 19.9. The predicted molar refractivity (Wildman–Crippen MR) is 109 cm³/mol. The van der Waals surface area contributed by atoms with Crippen LogP contribution in [0.25, 0.3) is 17.0 Å². The number of amides is 1. The summed E-state index contributed by atoms with van der Waals surface area (Å²) in [7, 11) is 1.56. The zero-order valence-corrected chi connectivity index (χ0v) is 15.6. The van der Waals surface area contributed by atoms with Gasteiger partial charge in [0.05, 0.1) is 18.8 Å². The van der Waals surface area contributed by atoms with Crippen molar-refractivity contribution in [1.82, 2.24) is 10.4 Å². The fourth-order valence-electron chi connectivity index (χ4n) is 2.44. The van der Waals surface area contributed by atoms with Gasteiger partial charge in [0.15, 0.2) is 0 Å². The zero-order valence-electron chi connectivity index (χ0n) is 14.9. The molecule has 1 amide bonds. The molecular weight excluding hydrogens is 376 g/mol. The summed E-state index contributed by atoms with van der Waals surface area (Å²) in [4.78, 5) is 16.5. The van der Waals surface area contributed by atoms with E-state index in [1.165, 1.54) is 12.3 Å². The molecule has 0 unspecified atom stereocenters. The number of carbonyl (C=O) groups excluding carboxylic acids is 1. The summed E-state index contributed by atoms with van der Waals surface area (Å²) in [5, 5.41) is 14.3. The third-order valence-electron chi connectivity index (χ3n) is 3.87. The SMILES string of the molecule is COc1ccc(/C=C(\C#N)C(=O)N/N=C/c2cc3ccccc3nc2Cl)cc1. The molecule has 6 nitrogen and oxygen atoms in total. The van der Waals surface area contributed by atoms with Crippen molar-refractivity contribution >= 4 is 40.7 Å². The highest BCUT2D eigenvalue weighted by atomic mass is 35.5. The number of hydrazone groups is 1. The smallest absolute Gasteiger partial charge is 0.282 e. The highest BCUT2D eigenvalue weighted by Crippen LogP contribution is 2.19. The fourth-order valence-corrected chi connectivity index (χ4v) is 2.63. The monoisotopic (exact) mass is 390 g/mol. The molecule has 0 aliphatic heterocycles. The molecular formula is C21H15ClN4O2. The van der Waals surface area contributed by atoms with E-state index in [0.717, 1.165) is 10.9 Å². The number of hydrogen-bond donors (Lipinski definition) is 1. The lowest BCUT2D eigenvalue weighted by Gasteiger charge is -2.02. The highest BCUT2D eigenvalue weighted by Gasteiger charge is 2.08. The van der Waals surface area contributed by atoms with Gasteiger partial charge in [-0.25, -0.2) is 10.4 Å². The van der Waals surface area contributed by atoms with Gasteiger partial charge in [-0.1, -0.05) is 41.9 Å². The average Bonchev–Trinajstić information content (AvgIpc) is 2.72. The van der Waals surface area contributed by atoms with Crippen molar-refractivity contribution in [2.24, 2.45) is 5.10 Å². The Hall–Kier alpha value is -3.69. The number of nitriles is 1. The van der Waals surface area contributed by atoms with Crippen LogP contribution in [0.3, 0.4) is 0 Å². The Labute approximate surface area is 166 Å². The van der Waals surface area contributed by atoms with Gasteiger partial charge in [-0.3, -0.25) is 4.79 Å². The molecule has 7 heteroatoms. The van der Waals surface area contributed by atoms with Crippen LogP contribution in [0, 0.1) is 11.3 Å². The summed E-state index contributed by atoms with van der Waals surface area (Å²) < 4.78 is 5.08. The summed E-state index contributed by atoms with van der Waals surface area (Å²) in [6.07, 6.45) is 2.86. The van der Waals surface area contributed by atoms with Gasteiger partial charge in [0, 0.05) is 10.9 Å². The minimum Gasteiger partial charge on any atom is -0.497 e. The molecule has 0 atom stereocenters. The number of pyridine rings is 1. The van der Waals surface area contributed by atoms with E-state index in [9.17, 15) is 10.1 Å². The third kappa shape index (κ3) is 4.53. The first-order valence-corrected chi connectivity index (χ1v) is 8.63. The van der Waals surface area contributed by atoms with Crippen molar-refractivity contribution in [3.63, 3.8) is 0 Å². The number of aromatic nitrogens is 1. The lowest BCUT2D eigenvalue weighted by molar-refractivity contribution is -0.117. The van der Waals surface area contributed by atoms with E-state index in [4.69, 9.17) is 16.3 Å². The first kappa shape index (κ1) is 19.1. The number of halogens is 1. The second kappa shape index (κ2) is 8.80. The molecule has 0 aliphatic rings. The summed E-state index contributed by atoms with van der Waals surface area (Å²) in [6, 6.07) is 18.2. The van der Waals surface area contributed by atoms with Crippen molar-refractivity contribution in [2.45, 2.75) is 0 Å². The third-order valence-corrected chi connectivity index (χ3v) is 4.17. The molecule has 0 aliphatic carbocycles. The van der Waals surface area contributed by atoms with Crippen LogP contribution in [0.15, 0.2) is 65.3 Å². The van der Waals surface area contributed by atoms with Crippen molar-refractivity contribution in [1.29, 1.82) is 5.26 Å². The van der Waals surface area contributed by atoms with E-state index >= 15 is 0 Å². The maximum absolute atomic E-state index is 12.2. The van der Waals surface area contributed by atoms with E-state index in [0.29, 0.717) is 16.9 Å².